The summed E-state index contributed by atoms with van der Waals surface area (Å²) in [6, 6.07) is 0.425. The topological polar surface area (TPSA) is 41.6 Å². The molecule has 0 unspecified atom stereocenters. The Morgan fingerprint density at radius 1 is 1.23 bits per heavy atom. The van der Waals surface area contributed by atoms with E-state index in [2.05, 4.69) is 5.48 Å². The zero-order valence-electron chi connectivity index (χ0n) is 7.79. The molecule has 0 atom stereocenters. The monoisotopic (exact) mass is 184 g/mol. The fourth-order valence-corrected chi connectivity index (χ4v) is 1.48. The largest absolute Gasteiger partial charge is 0.428 e. The average Bonchev–Trinajstić information content (AvgIpc) is 2.99. The molecule has 2 fully saturated rings. The van der Waals surface area contributed by atoms with Crippen molar-refractivity contribution in [2.24, 2.45) is 0 Å². The summed E-state index contributed by atoms with van der Waals surface area (Å²) < 4.78 is 0. The van der Waals surface area contributed by atoms with Gasteiger partial charge in [0.15, 0.2) is 0 Å². The van der Waals surface area contributed by atoms with Crippen LogP contribution in [0.2, 0.25) is 0 Å². The first kappa shape index (κ1) is 8.81. The molecule has 13 heavy (non-hydrogen) atoms. The molecule has 0 bridgehead atoms. The van der Waals surface area contributed by atoms with Gasteiger partial charge in [0.2, 0.25) is 0 Å². The smallest absolute Gasteiger partial charge is 0.353 e. The number of likely N-dealkylation sites (tertiary alicyclic amines) is 1. The van der Waals surface area contributed by atoms with E-state index in [-0.39, 0.29) is 6.09 Å². The van der Waals surface area contributed by atoms with Crippen LogP contribution >= 0.6 is 0 Å². The van der Waals surface area contributed by atoms with E-state index in [0.29, 0.717) is 6.04 Å². The number of rotatable bonds is 2. The molecule has 0 spiro atoms. The van der Waals surface area contributed by atoms with Crippen LogP contribution in [0.3, 0.4) is 0 Å². The Bertz CT molecular complexity index is 186. The third-order valence-electron chi connectivity index (χ3n) is 2.50. The van der Waals surface area contributed by atoms with Crippen molar-refractivity contribution < 1.29 is 9.63 Å². The summed E-state index contributed by atoms with van der Waals surface area (Å²) in [7, 11) is 0. The molecule has 1 saturated heterocycles. The molecular formula is C9H16N2O2. The lowest BCUT2D eigenvalue weighted by molar-refractivity contribution is 0.0475. The zero-order chi connectivity index (χ0) is 9.10. The van der Waals surface area contributed by atoms with Crippen LogP contribution < -0.4 is 5.48 Å². The molecule has 2 rings (SSSR count). The van der Waals surface area contributed by atoms with Crippen LogP contribution in [-0.4, -0.2) is 30.1 Å². The molecule has 0 aromatic carbocycles. The van der Waals surface area contributed by atoms with Crippen LogP contribution in [0.15, 0.2) is 0 Å². The van der Waals surface area contributed by atoms with E-state index in [0.717, 1.165) is 38.8 Å². The predicted octanol–water partition coefficient (Wildman–Crippen LogP) is 1.28. The van der Waals surface area contributed by atoms with Gasteiger partial charge in [0.25, 0.3) is 0 Å². The summed E-state index contributed by atoms with van der Waals surface area (Å²) in [6.07, 6.45) is 5.52. The fourth-order valence-electron chi connectivity index (χ4n) is 1.48. The van der Waals surface area contributed by atoms with E-state index in [1.54, 1.807) is 4.90 Å². The summed E-state index contributed by atoms with van der Waals surface area (Å²) >= 11 is 0. The molecule has 74 valence electrons. The van der Waals surface area contributed by atoms with E-state index in [1.807, 2.05) is 0 Å². The summed E-state index contributed by atoms with van der Waals surface area (Å²) in [5.41, 5.74) is 2.76. The number of carbonyl (C=O) groups excluding carboxylic acids is 1. The van der Waals surface area contributed by atoms with Gasteiger partial charge in [-0.1, -0.05) is 0 Å². The van der Waals surface area contributed by atoms with E-state index >= 15 is 0 Å². The van der Waals surface area contributed by atoms with Gasteiger partial charge in [0, 0.05) is 19.1 Å². The first-order chi connectivity index (χ1) is 6.36. The van der Waals surface area contributed by atoms with Gasteiger partial charge in [-0.2, -0.15) is 0 Å². The van der Waals surface area contributed by atoms with Gasteiger partial charge in [0.1, 0.15) is 0 Å². The quantitative estimate of drug-likeness (QED) is 0.657. The van der Waals surface area contributed by atoms with Crippen molar-refractivity contribution in [1.82, 2.24) is 10.4 Å². The number of amides is 1. The predicted molar refractivity (Wildman–Crippen MR) is 48.1 cm³/mol. The number of nitrogens with one attached hydrogen (secondary N) is 1. The van der Waals surface area contributed by atoms with Crippen LogP contribution in [0.1, 0.15) is 32.1 Å². The Labute approximate surface area is 78.2 Å². The van der Waals surface area contributed by atoms with Crippen molar-refractivity contribution in [3.63, 3.8) is 0 Å². The van der Waals surface area contributed by atoms with Gasteiger partial charge in [0.05, 0.1) is 0 Å². The fraction of sp³-hybridized carbons (Fsp3) is 0.889. The molecular weight excluding hydrogens is 168 g/mol. The Morgan fingerprint density at radius 3 is 2.54 bits per heavy atom. The zero-order valence-corrected chi connectivity index (χ0v) is 7.79. The Morgan fingerprint density at radius 2 is 1.92 bits per heavy atom. The summed E-state index contributed by atoms with van der Waals surface area (Å²) in [6.45, 7) is 1.70. The third kappa shape index (κ3) is 2.59. The number of hydrogen-bond acceptors (Lipinski definition) is 3. The highest BCUT2D eigenvalue weighted by atomic mass is 16.7. The highest BCUT2D eigenvalue weighted by Gasteiger charge is 2.24. The van der Waals surface area contributed by atoms with Crippen molar-refractivity contribution in [3.05, 3.63) is 0 Å². The van der Waals surface area contributed by atoms with Gasteiger partial charge < -0.3 is 9.74 Å². The maximum atomic E-state index is 11.4. The highest BCUT2D eigenvalue weighted by Crippen LogP contribution is 2.18. The SMILES string of the molecule is O=C(ONC1CC1)N1CCCCC1. The number of carbonyl (C=O) groups is 1. The molecule has 1 aliphatic heterocycles. The van der Waals surface area contributed by atoms with Crippen molar-refractivity contribution in [2.45, 2.75) is 38.1 Å². The second-order valence-corrected chi connectivity index (χ2v) is 3.81. The standard InChI is InChI=1S/C9H16N2O2/c12-9(13-10-8-4-5-8)11-6-2-1-3-7-11/h8,10H,1-7H2. The number of nitrogens with zero attached hydrogens (tertiary/aromatic N) is 1. The molecule has 1 heterocycles. The van der Waals surface area contributed by atoms with E-state index in [4.69, 9.17) is 4.84 Å². The lowest BCUT2D eigenvalue weighted by Gasteiger charge is -2.25. The summed E-state index contributed by atoms with van der Waals surface area (Å²) in [5, 5.41) is 0. The lowest BCUT2D eigenvalue weighted by Crippen LogP contribution is -2.39. The maximum absolute atomic E-state index is 11.4. The molecule has 1 amide bonds. The van der Waals surface area contributed by atoms with Crippen molar-refractivity contribution in [3.8, 4) is 0 Å². The van der Waals surface area contributed by atoms with Gasteiger partial charge >= 0.3 is 6.09 Å². The van der Waals surface area contributed by atoms with E-state index in [1.165, 1.54) is 6.42 Å². The van der Waals surface area contributed by atoms with Crippen molar-refractivity contribution in [2.75, 3.05) is 13.1 Å². The van der Waals surface area contributed by atoms with Gasteiger partial charge in [-0.05, 0) is 32.1 Å². The molecule has 0 radical (unpaired) electrons. The summed E-state index contributed by atoms with van der Waals surface area (Å²) in [4.78, 5) is 18.1. The van der Waals surface area contributed by atoms with Crippen LogP contribution in [-0.2, 0) is 4.84 Å². The molecule has 1 aliphatic carbocycles. The normalized spacial score (nSPS) is 22.9. The van der Waals surface area contributed by atoms with E-state index < -0.39 is 0 Å². The molecule has 1 saturated carbocycles. The minimum absolute atomic E-state index is 0.202. The molecule has 0 aromatic rings. The molecule has 2 aliphatic rings. The molecule has 4 nitrogen and oxygen atoms in total. The van der Waals surface area contributed by atoms with Crippen molar-refractivity contribution in [1.29, 1.82) is 0 Å². The number of hydrogen-bond donors (Lipinski definition) is 1. The third-order valence-corrected chi connectivity index (χ3v) is 2.50. The Balaban J connectivity index is 1.67. The molecule has 1 N–H and O–H groups in total. The number of piperidine rings is 1. The van der Waals surface area contributed by atoms with Gasteiger partial charge in [-0.3, -0.25) is 0 Å². The maximum Gasteiger partial charge on any atom is 0.428 e. The van der Waals surface area contributed by atoms with Crippen LogP contribution in [0.5, 0.6) is 0 Å². The lowest BCUT2D eigenvalue weighted by atomic mass is 10.1. The first-order valence-corrected chi connectivity index (χ1v) is 5.07. The van der Waals surface area contributed by atoms with Gasteiger partial charge in [-0.15, -0.1) is 5.48 Å². The van der Waals surface area contributed by atoms with Crippen LogP contribution in [0.4, 0.5) is 4.79 Å². The molecule has 0 aromatic heterocycles. The van der Waals surface area contributed by atoms with E-state index in [9.17, 15) is 4.79 Å². The summed E-state index contributed by atoms with van der Waals surface area (Å²) in [5.74, 6) is 0. The first-order valence-electron chi connectivity index (χ1n) is 5.07. The minimum Gasteiger partial charge on any atom is -0.353 e. The Kier molecular flexibility index (Phi) is 2.68. The second kappa shape index (κ2) is 3.96. The van der Waals surface area contributed by atoms with Crippen LogP contribution in [0.25, 0.3) is 0 Å². The molecule has 4 heteroatoms. The second-order valence-electron chi connectivity index (χ2n) is 3.81. The van der Waals surface area contributed by atoms with Crippen molar-refractivity contribution >= 4 is 6.09 Å². The average molecular weight is 184 g/mol. The highest BCUT2D eigenvalue weighted by molar-refractivity contribution is 5.67. The van der Waals surface area contributed by atoms with Gasteiger partial charge in [-0.25, -0.2) is 4.79 Å². The number of hydroxylamine groups is 1. The minimum atomic E-state index is -0.202. The Hall–Kier alpha value is -0.770. The van der Waals surface area contributed by atoms with Crippen LogP contribution in [0, 0.1) is 0 Å².